The molecule has 2 atom stereocenters. The minimum absolute atomic E-state index is 0.0744. The number of nitrogens with one attached hydrogen (secondary N) is 2. The molecule has 1 aliphatic rings. The molecule has 0 saturated carbocycles. The second-order valence-corrected chi connectivity index (χ2v) is 10.4. The van der Waals surface area contributed by atoms with Gasteiger partial charge in [0, 0.05) is 31.6 Å². The van der Waals surface area contributed by atoms with Crippen LogP contribution in [0.5, 0.6) is 5.75 Å². The van der Waals surface area contributed by atoms with E-state index in [0.29, 0.717) is 31.2 Å². The molecule has 5 rings (SSSR count). The fraction of sp³-hybridized carbons (Fsp3) is 0.222. The van der Waals surface area contributed by atoms with Crippen molar-refractivity contribution in [1.29, 1.82) is 0 Å². The lowest BCUT2D eigenvalue weighted by Gasteiger charge is -2.29. The summed E-state index contributed by atoms with van der Waals surface area (Å²) in [5.41, 5.74) is 9.64. The maximum atomic E-state index is 14.0. The highest BCUT2D eigenvalue weighted by atomic mass is 16.5. The molecule has 220 valence electrons. The number of nitrogens with zero attached hydrogens (tertiary/aromatic N) is 1. The number of hydrogen-bond acceptors (Lipinski definition) is 6. The lowest BCUT2D eigenvalue weighted by molar-refractivity contribution is -0.129. The molecule has 1 aliphatic heterocycles. The van der Waals surface area contributed by atoms with Gasteiger partial charge in [-0.1, -0.05) is 91.0 Å². The Balaban J connectivity index is 1.41. The number of rotatable bonds is 14. The quantitative estimate of drug-likeness (QED) is 0.100. The monoisotopic (exact) mass is 575 g/mol. The molecule has 0 aromatic heterocycles. The average Bonchev–Trinajstić information content (AvgIpc) is 3.45. The molecule has 7 heteroatoms. The Hall–Kier alpha value is -4.72. The van der Waals surface area contributed by atoms with Crippen molar-refractivity contribution in [3.63, 3.8) is 0 Å². The first kappa shape index (κ1) is 29.8. The van der Waals surface area contributed by atoms with Crippen molar-refractivity contribution in [3.05, 3.63) is 139 Å². The van der Waals surface area contributed by atoms with Gasteiger partial charge in [-0.05, 0) is 52.9 Å². The van der Waals surface area contributed by atoms with E-state index in [0.717, 1.165) is 28.7 Å². The maximum absolute atomic E-state index is 14.0. The Bertz CT molecular complexity index is 1510. The largest absolute Gasteiger partial charge is 0.494 e. The summed E-state index contributed by atoms with van der Waals surface area (Å²) in [7, 11) is 0. The minimum Gasteiger partial charge on any atom is -0.494 e. The highest BCUT2D eigenvalue weighted by Crippen LogP contribution is 2.43. The number of aliphatic hydroxyl groups is 1. The van der Waals surface area contributed by atoms with Crippen LogP contribution >= 0.6 is 0 Å². The molecular formula is C36H37N3O4. The van der Waals surface area contributed by atoms with Crippen molar-refractivity contribution in [2.75, 3.05) is 19.8 Å². The van der Waals surface area contributed by atoms with E-state index in [1.54, 1.807) is 6.08 Å². The minimum atomic E-state index is -1.28. The first-order valence-corrected chi connectivity index (χ1v) is 14.6. The van der Waals surface area contributed by atoms with Gasteiger partial charge >= 0.3 is 0 Å². The molecule has 0 fully saturated rings. The number of carbonyl (C=O) groups excluding carboxylic acids is 1. The summed E-state index contributed by atoms with van der Waals surface area (Å²) in [6, 6.07) is 35.7. The number of hydrogen-bond donors (Lipinski definition) is 3. The molecule has 0 saturated heterocycles. The zero-order valence-corrected chi connectivity index (χ0v) is 24.1. The van der Waals surface area contributed by atoms with Crippen LogP contribution in [-0.4, -0.2) is 42.2 Å². The molecule has 7 nitrogen and oxygen atoms in total. The number of carbonyl (C=O) groups is 1. The van der Waals surface area contributed by atoms with Crippen LogP contribution in [0.25, 0.3) is 11.1 Å². The molecule has 0 aliphatic carbocycles. The topological polar surface area (TPSA) is 92.2 Å². The predicted octanol–water partition coefficient (Wildman–Crippen LogP) is 5.81. The Morgan fingerprint density at radius 3 is 2.23 bits per heavy atom. The molecule has 4 aromatic rings. The number of ether oxygens (including phenoxy) is 2. The summed E-state index contributed by atoms with van der Waals surface area (Å²) in [6.07, 6.45) is 2.62. The molecule has 0 bridgehead atoms. The summed E-state index contributed by atoms with van der Waals surface area (Å²) in [5.74, 6) is 0.762. The van der Waals surface area contributed by atoms with Gasteiger partial charge in [0.15, 0.2) is 11.6 Å². The summed E-state index contributed by atoms with van der Waals surface area (Å²) in [4.78, 5) is 18.9. The summed E-state index contributed by atoms with van der Waals surface area (Å²) >= 11 is 0. The summed E-state index contributed by atoms with van der Waals surface area (Å²) in [6.45, 7) is 5.02. The molecule has 0 spiro atoms. The number of benzene rings is 4. The van der Waals surface area contributed by atoms with Crippen LogP contribution in [0.4, 0.5) is 0 Å². The molecule has 43 heavy (non-hydrogen) atoms. The van der Waals surface area contributed by atoms with Crippen molar-refractivity contribution in [2.24, 2.45) is 4.99 Å². The van der Waals surface area contributed by atoms with Crippen LogP contribution in [0.1, 0.15) is 35.6 Å². The van der Waals surface area contributed by atoms with E-state index in [9.17, 15) is 4.79 Å². The van der Waals surface area contributed by atoms with Gasteiger partial charge in [0.2, 0.25) is 5.90 Å². The van der Waals surface area contributed by atoms with Crippen LogP contribution in [0.15, 0.2) is 127 Å². The third-order valence-corrected chi connectivity index (χ3v) is 7.39. The van der Waals surface area contributed by atoms with Gasteiger partial charge in [-0.25, -0.2) is 10.4 Å². The van der Waals surface area contributed by atoms with Crippen molar-refractivity contribution >= 4 is 11.8 Å². The Labute approximate surface area is 252 Å². The van der Waals surface area contributed by atoms with Crippen LogP contribution in [0.3, 0.4) is 0 Å². The van der Waals surface area contributed by atoms with Crippen molar-refractivity contribution in [2.45, 2.75) is 30.9 Å². The zero-order chi connectivity index (χ0) is 29.9. The van der Waals surface area contributed by atoms with Crippen LogP contribution in [0.2, 0.25) is 0 Å². The predicted molar refractivity (Wildman–Crippen MR) is 170 cm³/mol. The molecule has 3 N–H and O–H groups in total. The Morgan fingerprint density at radius 2 is 1.56 bits per heavy atom. The molecule has 0 unspecified atom stereocenters. The standard InChI is InChI=1S/C36H37N3O4/c1-2-23-36(35(41)39-37-24-22-27-10-5-3-6-11-27)33(30-16-14-29(15-17-30)28-12-7-4-8-13-28)43-34(38-36)31-18-20-32(21-19-31)42-26-9-25-40/h2-8,10-21,33,37,40H,1,9,22-26H2,(H,39,41)/t33-,36-/m0/s1. The molecule has 1 amide bonds. The van der Waals surface area contributed by atoms with Gasteiger partial charge in [-0.3, -0.25) is 10.2 Å². The van der Waals surface area contributed by atoms with Gasteiger partial charge in [0.1, 0.15) is 5.75 Å². The summed E-state index contributed by atoms with van der Waals surface area (Å²) in [5, 5.41) is 9.03. The fourth-order valence-electron chi connectivity index (χ4n) is 5.12. The molecule has 0 radical (unpaired) electrons. The van der Waals surface area contributed by atoms with E-state index in [4.69, 9.17) is 19.6 Å². The van der Waals surface area contributed by atoms with Crippen LogP contribution < -0.4 is 15.6 Å². The average molecular weight is 576 g/mol. The van der Waals surface area contributed by atoms with Gasteiger partial charge in [-0.15, -0.1) is 6.58 Å². The SMILES string of the molecule is C=CC[C@]1(C(=O)NNCCc2ccccc2)N=C(c2ccc(OCCCO)cc2)O[C@H]1c1ccc(-c2ccccc2)cc1. The molecule has 4 aromatic carbocycles. The van der Waals surface area contributed by atoms with Crippen LogP contribution in [0, 0.1) is 0 Å². The smallest absolute Gasteiger partial charge is 0.266 e. The van der Waals surface area contributed by atoms with E-state index in [2.05, 4.69) is 41.7 Å². The first-order chi connectivity index (χ1) is 21.1. The van der Waals surface area contributed by atoms with E-state index < -0.39 is 11.6 Å². The highest BCUT2D eigenvalue weighted by Gasteiger charge is 2.52. The zero-order valence-electron chi connectivity index (χ0n) is 24.1. The first-order valence-electron chi connectivity index (χ1n) is 14.6. The molecular weight excluding hydrogens is 538 g/mol. The second kappa shape index (κ2) is 14.4. The van der Waals surface area contributed by atoms with Crippen LogP contribution in [-0.2, 0) is 16.0 Å². The molecule has 1 heterocycles. The highest BCUT2D eigenvalue weighted by molar-refractivity contribution is 6.01. The van der Waals surface area contributed by atoms with E-state index in [-0.39, 0.29) is 18.9 Å². The second-order valence-electron chi connectivity index (χ2n) is 10.4. The Morgan fingerprint density at radius 1 is 0.907 bits per heavy atom. The lowest BCUT2D eigenvalue weighted by Crippen LogP contribution is -2.52. The lowest BCUT2D eigenvalue weighted by atomic mass is 9.84. The number of hydrazine groups is 1. The normalized spacial score (nSPS) is 17.5. The number of aliphatic hydroxyl groups excluding tert-OH is 1. The maximum Gasteiger partial charge on any atom is 0.266 e. The fourth-order valence-corrected chi connectivity index (χ4v) is 5.12. The number of amides is 1. The summed E-state index contributed by atoms with van der Waals surface area (Å²) < 4.78 is 12.2. The van der Waals surface area contributed by atoms with E-state index >= 15 is 0 Å². The number of aliphatic imine (C=N–C) groups is 1. The third kappa shape index (κ3) is 7.20. The van der Waals surface area contributed by atoms with Crippen molar-refractivity contribution < 1.29 is 19.4 Å². The van der Waals surface area contributed by atoms with E-state index in [1.165, 1.54) is 5.56 Å². The third-order valence-electron chi connectivity index (χ3n) is 7.39. The van der Waals surface area contributed by atoms with Gasteiger partial charge in [-0.2, -0.15) is 0 Å². The van der Waals surface area contributed by atoms with Gasteiger partial charge in [0.05, 0.1) is 6.61 Å². The van der Waals surface area contributed by atoms with Gasteiger partial charge < -0.3 is 14.6 Å². The van der Waals surface area contributed by atoms with Crippen molar-refractivity contribution in [3.8, 4) is 16.9 Å². The Kier molecular flexibility index (Phi) is 10.00. The van der Waals surface area contributed by atoms with E-state index in [1.807, 2.05) is 84.9 Å². The van der Waals surface area contributed by atoms with Crippen molar-refractivity contribution in [1.82, 2.24) is 10.9 Å². The van der Waals surface area contributed by atoms with Gasteiger partial charge in [0.25, 0.3) is 5.91 Å².